The molecule has 0 aliphatic heterocycles. The smallest absolute Gasteiger partial charge is 0.759 e. The molecule has 0 radical (unpaired) electrons. The van der Waals surface area contributed by atoms with Crippen LogP contribution >= 0.6 is 0 Å². The fourth-order valence-corrected chi connectivity index (χ4v) is 0. The molecule has 0 aromatic rings. The van der Waals surface area contributed by atoms with Gasteiger partial charge in [0.15, 0.2) is 0 Å². The minimum atomic E-state index is -5.17. The van der Waals surface area contributed by atoms with Gasteiger partial charge in [0.25, 0.3) is 0 Å². The number of carboxylic acids is 2. The van der Waals surface area contributed by atoms with Crippen LogP contribution in [0.4, 0.5) is 0 Å². The Hall–Kier alpha value is 1.17. The Kier molecular flexibility index (Phi) is 48.2. The summed E-state index contributed by atoms with van der Waals surface area (Å²) in [6.07, 6.45) is -2.69. The molecular weight excluding hydrogens is 376 g/mol. The monoisotopic (exact) mass is 390 g/mol. The average molecular weight is 390 g/mol. The zero-order chi connectivity index (χ0) is 14.8. The minimum Gasteiger partial charge on any atom is -0.759 e. The van der Waals surface area contributed by atoms with Crippen molar-refractivity contribution >= 4 is 97.8 Å². The number of aliphatic hydroxyl groups is 2. The molecule has 0 aliphatic rings. The number of hydrogen-bond donors (Lipinski definition) is 2. The topological polar surface area (TPSA) is 264 Å². The van der Waals surface area contributed by atoms with Gasteiger partial charge in [0.2, 0.25) is 0 Å². The van der Waals surface area contributed by atoms with Crippen LogP contribution < -0.4 is 10.2 Å². The van der Waals surface area contributed by atoms with Crippen LogP contribution in [0.5, 0.6) is 0 Å². The van der Waals surface area contributed by atoms with Crippen molar-refractivity contribution in [1.29, 1.82) is 0 Å². The predicted molar refractivity (Wildman–Crippen MR) is 62.6 cm³/mol. The predicted octanol–water partition coefficient (Wildman–Crippen LogP) is -7.51. The molecule has 0 aliphatic carbocycles. The molecule has 0 bridgehead atoms. The Morgan fingerprint density at radius 1 is 0.857 bits per heavy atom. The molecule has 0 amide bonds. The van der Waals surface area contributed by atoms with E-state index in [1.54, 1.807) is 0 Å². The molecule has 120 valence electrons. The van der Waals surface area contributed by atoms with Crippen LogP contribution in [0.2, 0.25) is 0 Å². The van der Waals surface area contributed by atoms with Crippen LogP contribution in [0.1, 0.15) is 13.8 Å². The van der Waals surface area contributed by atoms with Crippen LogP contribution in [0.3, 0.4) is 0 Å². The zero-order valence-corrected chi connectivity index (χ0v) is 16.4. The molecular formula is C6H14Ca2O12S. The van der Waals surface area contributed by atoms with Crippen LogP contribution in [0.25, 0.3) is 0 Å². The second kappa shape index (κ2) is 23.4. The summed E-state index contributed by atoms with van der Waals surface area (Å²) in [5.74, 6) is -2.87. The first-order chi connectivity index (χ1) is 7.29. The third kappa shape index (κ3) is 92.5. The number of rotatable bonds is 2. The Morgan fingerprint density at radius 2 is 0.905 bits per heavy atom. The van der Waals surface area contributed by atoms with Gasteiger partial charge in [-0.2, -0.15) is 0 Å². The van der Waals surface area contributed by atoms with E-state index in [1.165, 1.54) is 0 Å². The molecule has 2 atom stereocenters. The van der Waals surface area contributed by atoms with Crippen LogP contribution in [-0.4, -0.2) is 138 Å². The zero-order valence-electron chi connectivity index (χ0n) is 11.1. The minimum absolute atomic E-state index is 0. The van der Waals surface area contributed by atoms with E-state index >= 15 is 0 Å². The molecule has 0 saturated heterocycles. The molecule has 0 aromatic heterocycles. The van der Waals surface area contributed by atoms with E-state index < -0.39 is 34.5 Å². The van der Waals surface area contributed by atoms with E-state index in [9.17, 15) is 19.8 Å². The summed E-state index contributed by atoms with van der Waals surface area (Å²) in [6, 6.07) is 0. The van der Waals surface area contributed by atoms with Gasteiger partial charge in [0.1, 0.15) is 0 Å². The van der Waals surface area contributed by atoms with Crippen molar-refractivity contribution in [3.8, 4) is 0 Å². The number of carbonyl (C=O) groups excluding carboxylic acids is 2. The Bertz CT molecular complexity index is 301. The molecule has 2 unspecified atom stereocenters. The van der Waals surface area contributed by atoms with Crippen molar-refractivity contribution in [1.82, 2.24) is 0 Å². The van der Waals surface area contributed by atoms with Gasteiger partial charge in [-0.25, -0.2) is 0 Å². The van der Waals surface area contributed by atoms with Crippen molar-refractivity contribution in [3.05, 3.63) is 0 Å². The van der Waals surface area contributed by atoms with E-state index in [2.05, 4.69) is 0 Å². The maximum atomic E-state index is 9.34. The van der Waals surface area contributed by atoms with Crippen LogP contribution in [-0.2, 0) is 20.0 Å². The molecule has 6 N–H and O–H groups in total. The third-order valence-corrected chi connectivity index (χ3v) is 0.682. The second-order valence-corrected chi connectivity index (χ2v) is 3.21. The summed E-state index contributed by atoms with van der Waals surface area (Å²) in [7, 11) is -5.17. The van der Waals surface area contributed by atoms with Crippen molar-refractivity contribution in [2.75, 3.05) is 0 Å². The number of carbonyl (C=O) groups is 2. The van der Waals surface area contributed by atoms with Crippen molar-refractivity contribution < 1.29 is 58.5 Å². The van der Waals surface area contributed by atoms with E-state index in [-0.39, 0.29) is 86.4 Å². The van der Waals surface area contributed by atoms with Crippen LogP contribution in [0, 0.1) is 0 Å². The van der Waals surface area contributed by atoms with Gasteiger partial charge in [-0.1, -0.05) is 0 Å². The molecule has 0 heterocycles. The SMILES string of the molecule is CC(O)C(=O)[O-].CC(O)C(=O)[O-].O.O.O=S(=O)([O-])[O-].[Ca+2].[Ca+2]. The van der Waals surface area contributed by atoms with Crippen LogP contribution in [0.15, 0.2) is 0 Å². The molecule has 21 heavy (non-hydrogen) atoms. The quantitative estimate of drug-likeness (QED) is 0.255. The number of hydrogen-bond acceptors (Lipinski definition) is 10. The average Bonchev–Trinajstić information content (AvgIpc) is 2.01. The number of aliphatic hydroxyl groups excluding tert-OH is 2. The first-order valence-corrected chi connectivity index (χ1v) is 5.06. The van der Waals surface area contributed by atoms with Gasteiger partial charge >= 0.3 is 75.5 Å². The van der Waals surface area contributed by atoms with E-state index in [1.807, 2.05) is 0 Å². The summed E-state index contributed by atoms with van der Waals surface area (Å²) in [4.78, 5) is 18.7. The van der Waals surface area contributed by atoms with Gasteiger partial charge < -0.3 is 50.1 Å². The first-order valence-electron chi connectivity index (χ1n) is 3.73. The molecule has 12 nitrogen and oxygen atoms in total. The largest absolute Gasteiger partial charge is 2.00 e. The number of carboxylic acid groups (broad SMARTS) is 2. The van der Waals surface area contributed by atoms with Crippen molar-refractivity contribution in [3.63, 3.8) is 0 Å². The number of aliphatic carboxylic acids is 2. The van der Waals surface area contributed by atoms with Gasteiger partial charge in [-0.05, 0) is 13.8 Å². The van der Waals surface area contributed by atoms with Gasteiger partial charge in [0, 0.05) is 10.4 Å². The Morgan fingerprint density at radius 3 is 0.905 bits per heavy atom. The van der Waals surface area contributed by atoms with Crippen molar-refractivity contribution in [2.45, 2.75) is 26.1 Å². The standard InChI is InChI=1S/2C3H6O3.2Ca.H2O4S.2H2O/c2*1-2(4)3(5)6;;;1-5(2,3)4;;/h2*2,4H,1H3,(H,5,6);;;(H2,1,2,3,4);2*1H2/q;;2*+2;;;/p-4. The van der Waals surface area contributed by atoms with Gasteiger partial charge in [0.05, 0.1) is 24.1 Å². The van der Waals surface area contributed by atoms with Gasteiger partial charge in [-0.3, -0.25) is 8.42 Å². The molecule has 0 spiro atoms. The summed E-state index contributed by atoms with van der Waals surface area (Å²) in [6.45, 7) is 2.27. The summed E-state index contributed by atoms with van der Waals surface area (Å²) >= 11 is 0. The van der Waals surface area contributed by atoms with E-state index in [4.69, 9.17) is 27.7 Å². The molecule has 0 aromatic carbocycles. The first kappa shape index (κ1) is 43.2. The maximum absolute atomic E-state index is 9.34. The van der Waals surface area contributed by atoms with Gasteiger partial charge in [-0.15, -0.1) is 0 Å². The fourth-order valence-electron chi connectivity index (χ4n) is 0. The van der Waals surface area contributed by atoms with E-state index in [0.717, 1.165) is 13.8 Å². The summed E-state index contributed by atoms with van der Waals surface area (Å²) in [5.41, 5.74) is 0. The molecule has 0 saturated carbocycles. The Labute approximate surface area is 180 Å². The maximum Gasteiger partial charge on any atom is 2.00 e. The fraction of sp³-hybridized carbons (Fsp3) is 0.667. The third-order valence-electron chi connectivity index (χ3n) is 0.682. The molecule has 15 heteroatoms. The van der Waals surface area contributed by atoms with Crippen molar-refractivity contribution in [2.24, 2.45) is 0 Å². The normalized spacial score (nSPS) is 10.6. The summed E-state index contributed by atoms with van der Waals surface area (Å²) < 4.78 is 34.1. The molecule has 0 rings (SSSR count). The van der Waals surface area contributed by atoms with E-state index in [0.29, 0.717) is 0 Å². The summed E-state index contributed by atoms with van der Waals surface area (Å²) in [5, 5.41) is 34.6. The molecule has 0 fully saturated rings. The second-order valence-electron chi connectivity index (χ2n) is 2.40. The Balaban J connectivity index is -0.0000000257.